The Morgan fingerprint density at radius 3 is 2.54 bits per heavy atom. The number of morpholine rings is 1. The minimum Gasteiger partial charge on any atom is -0.481 e. The molecule has 1 N–H and O–H groups in total. The zero-order valence-corrected chi connectivity index (χ0v) is 17.0. The molecule has 146 valence electrons. The van der Waals surface area contributed by atoms with Gasteiger partial charge in [-0.05, 0) is 50.8 Å². The van der Waals surface area contributed by atoms with E-state index in [0.29, 0.717) is 12.5 Å². The van der Waals surface area contributed by atoms with Crippen LogP contribution in [0.2, 0.25) is 0 Å². The number of benzene rings is 1. The van der Waals surface area contributed by atoms with Crippen LogP contribution in [0.5, 0.6) is 5.75 Å². The maximum atomic E-state index is 12.4. The molecular formula is C21H34N2O3. The molecule has 0 aliphatic carbocycles. The molecule has 3 atom stereocenters. The average Bonchev–Trinajstić information content (AvgIpc) is 2.53. The molecule has 1 aromatic rings. The van der Waals surface area contributed by atoms with E-state index in [-0.39, 0.29) is 18.1 Å². The number of ether oxygens (including phenoxy) is 2. The molecule has 5 heteroatoms. The van der Waals surface area contributed by atoms with E-state index in [9.17, 15) is 4.79 Å². The Morgan fingerprint density at radius 2 is 1.92 bits per heavy atom. The van der Waals surface area contributed by atoms with Gasteiger partial charge in [0.15, 0.2) is 6.10 Å². The van der Waals surface area contributed by atoms with Crippen LogP contribution in [0, 0.1) is 6.92 Å². The fourth-order valence-electron chi connectivity index (χ4n) is 3.41. The minimum absolute atomic E-state index is 0.0735. The van der Waals surface area contributed by atoms with E-state index in [0.717, 1.165) is 36.5 Å². The van der Waals surface area contributed by atoms with Gasteiger partial charge in [-0.3, -0.25) is 9.69 Å². The van der Waals surface area contributed by atoms with E-state index in [1.807, 2.05) is 13.0 Å². The summed E-state index contributed by atoms with van der Waals surface area (Å²) in [7, 11) is 0. The molecule has 0 aromatic heterocycles. The van der Waals surface area contributed by atoms with E-state index < -0.39 is 6.10 Å². The molecule has 0 saturated carbocycles. The minimum atomic E-state index is -0.517. The number of carbonyl (C=O) groups is 1. The number of amides is 1. The summed E-state index contributed by atoms with van der Waals surface area (Å²) in [6.45, 7) is 15.6. The standard InChI is InChI=1S/C21H34N2O3/c1-14(2)19-8-7-15(3)11-20(19)26-18(6)21(24)22-9-10-23-12-16(4)25-17(5)13-23/h7-8,11,14,16-18H,9-10,12-13H2,1-6H3,(H,22,24). The van der Waals surface area contributed by atoms with Crippen LogP contribution in [0.3, 0.4) is 0 Å². The van der Waals surface area contributed by atoms with Crippen molar-refractivity contribution in [2.45, 2.75) is 65.8 Å². The molecule has 1 aliphatic heterocycles. The summed E-state index contributed by atoms with van der Waals surface area (Å²) in [5, 5.41) is 3.00. The fraction of sp³-hybridized carbons (Fsp3) is 0.667. The number of carbonyl (C=O) groups excluding carboxylic acids is 1. The van der Waals surface area contributed by atoms with Crippen molar-refractivity contribution in [1.82, 2.24) is 10.2 Å². The third-order valence-electron chi connectivity index (χ3n) is 4.69. The molecule has 1 aliphatic rings. The van der Waals surface area contributed by atoms with E-state index in [1.54, 1.807) is 6.92 Å². The second kappa shape index (κ2) is 9.38. The largest absolute Gasteiger partial charge is 0.481 e. The lowest BCUT2D eigenvalue weighted by Gasteiger charge is -2.35. The van der Waals surface area contributed by atoms with Crippen LogP contribution in [0.1, 0.15) is 51.7 Å². The second-order valence-corrected chi connectivity index (χ2v) is 7.76. The first-order chi connectivity index (χ1) is 12.3. The smallest absolute Gasteiger partial charge is 0.260 e. The van der Waals surface area contributed by atoms with Gasteiger partial charge in [-0.25, -0.2) is 0 Å². The molecule has 26 heavy (non-hydrogen) atoms. The van der Waals surface area contributed by atoms with E-state index in [4.69, 9.17) is 9.47 Å². The van der Waals surface area contributed by atoms with Gasteiger partial charge < -0.3 is 14.8 Å². The second-order valence-electron chi connectivity index (χ2n) is 7.76. The predicted octanol–water partition coefficient (Wildman–Crippen LogP) is 3.11. The first kappa shape index (κ1) is 20.7. The van der Waals surface area contributed by atoms with Gasteiger partial charge in [0.25, 0.3) is 5.91 Å². The average molecular weight is 363 g/mol. The van der Waals surface area contributed by atoms with Crippen LogP contribution < -0.4 is 10.1 Å². The van der Waals surface area contributed by atoms with Gasteiger partial charge in [0.1, 0.15) is 5.75 Å². The Kier molecular flexibility index (Phi) is 7.47. The van der Waals surface area contributed by atoms with Crippen molar-refractivity contribution in [1.29, 1.82) is 0 Å². The molecule has 1 aromatic carbocycles. The van der Waals surface area contributed by atoms with Crippen molar-refractivity contribution in [2.24, 2.45) is 0 Å². The first-order valence-electron chi connectivity index (χ1n) is 9.69. The highest BCUT2D eigenvalue weighted by Gasteiger charge is 2.22. The highest BCUT2D eigenvalue weighted by molar-refractivity contribution is 5.80. The summed E-state index contributed by atoms with van der Waals surface area (Å²) in [5.74, 6) is 1.08. The normalized spacial score (nSPS) is 22.3. The number of hydrogen-bond acceptors (Lipinski definition) is 4. The number of rotatable bonds is 7. The lowest BCUT2D eigenvalue weighted by molar-refractivity contribution is -0.127. The summed E-state index contributed by atoms with van der Waals surface area (Å²) in [6.07, 6.45) is -0.0307. The van der Waals surface area contributed by atoms with E-state index >= 15 is 0 Å². The van der Waals surface area contributed by atoms with E-state index in [2.05, 4.69) is 50.0 Å². The predicted molar refractivity (Wildman–Crippen MR) is 105 cm³/mol. The lowest BCUT2D eigenvalue weighted by atomic mass is 10.0. The van der Waals surface area contributed by atoms with Crippen molar-refractivity contribution in [3.8, 4) is 5.75 Å². The Hall–Kier alpha value is -1.59. The van der Waals surface area contributed by atoms with Gasteiger partial charge in [-0.2, -0.15) is 0 Å². The number of nitrogens with zero attached hydrogens (tertiary/aromatic N) is 1. The van der Waals surface area contributed by atoms with Crippen molar-refractivity contribution >= 4 is 5.91 Å². The molecule has 0 bridgehead atoms. The molecule has 1 saturated heterocycles. The summed E-state index contributed by atoms with van der Waals surface area (Å²) < 4.78 is 11.7. The van der Waals surface area contributed by atoms with Crippen LogP contribution in [-0.2, 0) is 9.53 Å². The molecule has 1 amide bonds. The zero-order valence-electron chi connectivity index (χ0n) is 17.0. The monoisotopic (exact) mass is 362 g/mol. The van der Waals surface area contributed by atoms with Crippen LogP contribution >= 0.6 is 0 Å². The van der Waals surface area contributed by atoms with Gasteiger partial charge in [-0.15, -0.1) is 0 Å². The third-order valence-corrected chi connectivity index (χ3v) is 4.69. The molecule has 2 rings (SSSR count). The van der Waals surface area contributed by atoms with Crippen molar-refractivity contribution < 1.29 is 14.3 Å². The van der Waals surface area contributed by atoms with Gasteiger partial charge >= 0.3 is 0 Å². The SMILES string of the molecule is Cc1ccc(C(C)C)c(OC(C)C(=O)NCCN2CC(C)OC(C)C2)c1. The maximum Gasteiger partial charge on any atom is 0.260 e. The Balaban J connectivity index is 1.83. The molecule has 5 nitrogen and oxygen atoms in total. The third kappa shape index (κ3) is 5.99. The molecule has 0 radical (unpaired) electrons. The summed E-state index contributed by atoms with van der Waals surface area (Å²) >= 11 is 0. The Bertz CT molecular complexity index is 593. The number of hydrogen-bond donors (Lipinski definition) is 1. The summed E-state index contributed by atoms with van der Waals surface area (Å²) in [5.41, 5.74) is 2.26. The van der Waals surface area contributed by atoms with Crippen molar-refractivity contribution in [3.63, 3.8) is 0 Å². The summed E-state index contributed by atoms with van der Waals surface area (Å²) in [4.78, 5) is 14.7. The van der Waals surface area contributed by atoms with Crippen LogP contribution in [0.15, 0.2) is 18.2 Å². The lowest BCUT2D eigenvalue weighted by Crippen LogP contribution is -2.48. The molecule has 3 unspecified atom stereocenters. The molecule has 1 heterocycles. The van der Waals surface area contributed by atoms with Crippen molar-refractivity contribution in [2.75, 3.05) is 26.2 Å². The quantitative estimate of drug-likeness (QED) is 0.810. The van der Waals surface area contributed by atoms with E-state index in [1.165, 1.54) is 0 Å². The first-order valence-corrected chi connectivity index (χ1v) is 9.69. The van der Waals surface area contributed by atoms with Crippen molar-refractivity contribution in [3.05, 3.63) is 29.3 Å². The maximum absolute atomic E-state index is 12.4. The number of nitrogens with one attached hydrogen (secondary N) is 1. The van der Waals surface area contributed by atoms with Gasteiger partial charge in [0, 0.05) is 26.2 Å². The molecule has 1 fully saturated rings. The van der Waals surface area contributed by atoms with Gasteiger partial charge in [-0.1, -0.05) is 26.0 Å². The highest BCUT2D eigenvalue weighted by atomic mass is 16.5. The van der Waals surface area contributed by atoms with Crippen LogP contribution in [0.25, 0.3) is 0 Å². The topological polar surface area (TPSA) is 50.8 Å². The van der Waals surface area contributed by atoms with Gasteiger partial charge in [0.05, 0.1) is 12.2 Å². The van der Waals surface area contributed by atoms with Crippen LogP contribution in [0.4, 0.5) is 0 Å². The van der Waals surface area contributed by atoms with Gasteiger partial charge in [0.2, 0.25) is 0 Å². The zero-order chi connectivity index (χ0) is 19.3. The Labute approximate surface area is 158 Å². The fourth-order valence-corrected chi connectivity index (χ4v) is 3.41. The van der Waals surface area contributed by atoms with Crippen LogP contribution in [-0.4, -0.2) is 55.3 Å². The highest BCUT2D eigenvalue weighted by Crippen LogP contribution is 2.28. The number of aryl methyl sites for hydroxylation is 1. The molecule has 0 spiro atoms. The molecular weight excluding hydrogens is 328 g/mol. The Morgan fingerprint density at radius 1 is 1.27 bits per heavy atom. The summed E-state index contributed by atoms with van der Waals surface area (Å²) in [6, 6.07) is 6.17.